The Morgan fingerprint density at radius 1 is 1.61 bits per heavy atom. The molecule has 18 heavy (non-hydrogen) atoms. The van der Waals surface area contributed by atoms with E-state index in [-0.39, 0.29) is 0 Å². The lowest BCUT2D eigenvalue weighted by Gasteiger charge is -2.26. The molecular weight excluding hydrogens is 252 g/mol. The first-order valence-electron chi connectivity index (χ1n) is 6.14. The Bertz CT molecular complexity index is 398. The van der Waals surface area contributed by atoms with Crippen LogP contribution in [0.1, 0.15) is 26.7 Å². The van der Waals surface area contributed by atoms with Gasteiger partial charge in [-0.15, -0.1) is 0 Å². The summed E-state index contributed by atoms with van der Waals surface area (Å²) in [5, 5.41) is 9.42. The lowest BCUT2D eigenvalue weighted by atomic mass is 10.1. The van der Waals surface area contributed by atoms with E-state index in [0.717, 1.165) is 25.1 Å². The highest BCUT2D eigenvalue weighted by molar-refractivity contribution is 6.32. The summed E-state index contributed by atoms with van der Waals surface area (Å²) in [6, 6.07) is 3.69. The zero-order chi connectivity index (χ0) is 13.5. The standard InChI is InChI=1S/C13H19ClN2O2/c1-3-4-8-16(9-10(2)13(17)18)11-6-5-7-15-12(11)14/h5-7,10H,3-4,8-9H2,1-2H3,(H,17,18). The summed E-state index contributed by atoms with van der Waals surface area (Å²) in [6.45, 7) is 5.04. The molecule has 0 spiro atoms. The van der Waals surface area contributed by atoms with Crippen LogP contribution in [0.3, 0.4) is 0 Å². The first-order chi connectivity index (χ1) is 8.56. The molecule has 1 heterocycles. The first kappa shape index (κ1) is 14.8. The van der Waals surface area contributed by atoms with Gasteiger partial charge in [-0.25, -0.2) is 4.98 Å². The normalized spacial score (nSPS) is 12.2. The van der Waals surface area contributed by atoms with Crippen molar-refractivity contribution < 1.29 is 9.90 Å². The van der Waals surface area contributed by atoms with Crippen LogP contribution in [0.4, 0.5) is 5.69 Å². The average molecular weight is 271 g/mol. The van der Waals surface area contributed by atoms with Gasteiger partial charge in [0.25, 0.3) is 0 Å². The van der Waals surface area contributed by atoms with Crippen molar-refractivity contribution in [3.05, 3.63) is 23.5 Å². The van der Waals surface area contributed by atoms with Crippen LogP contribution in [0.15, 0.2) is 18.3 Å². The van der Waals surface area contributed by atoms with Crippen LogP contribution >= 0.6 is 11.6 Å². The Labute approximate surface area is 113 Å². The van der Waals surface area contributed by atoms with Crippen molar-refractivity contribution in [1.29, 1.82) is 0 Å². The summed E-state index contributed by atoms with van der Waals surface area (Å²) in [7, 11) is 0. The SMILES string of the molecule is CCCCN(CC(C)C(=O)O)c1cccnc1Cl. The molecule has 0 aromatic carbocycles. The van der Waals surface area contributed by atoms with E-state index in [0.29, 0.717) is 11.7 Å². The molecule has 0 aliphatic rings. The van der Waals surface area contributed by atoms with Gasteiger partial charge >= 0.3 is 5.97 Å². The summed E-state index contributed by atoms with van der Waals surface area (Å²) in [6.07, 6.45) is 3.68. The number of anilines is 1. The van der Waals surface area contributed by atoms with E-state index < -0.39 is 11.9 Å². The first-order valence-corrected chi connectivity index (χ1v) is 6.52. The molecule has 1 aromatic rings. The number of aliphatic carboxylic acids is 1. The molecule has 0 fully saturated rings. The summed E-state index contributed by atoms with van der Waals surface area (Å²) >= 11 is 6.06. The van der Waals surface area contributed by atoms with Gasteiger partial charge in [0.2, 0.25) is 0 Å². The van der Waals surface area contributed by atoms with Gasteiger partial charge in [-0.3, -0.25) is 4.79 Å². The third kappa shape index (κ3) is 4.18. The molecule has 1 atom stereocenters. The summed E-state index contributed by atoms with van der Waals surface area (Å²) in [5.41, 5.74) is 0.806. The van der Waals surface area contributed by atoms with Crippen molar-refractivity contribution in [2.45, 2.75) is 26.7 Å². The molecule has 0 amide bonds. The molecule has 1 unspecified atom stereocenters. The van der Waals surface area contributed by atoms with Crippen molar-refractivity contribution in [3.8, 4) is 0 Å². The van der Waals surface area contributed by atoms with Gasteiger partial charge in [-0.1, -0.05) is 31.9 Å². The van der Waals surface area contributed by atoms with E-state index in [2.05, 4.69) is 11.9 Å². The highest BCUT2D eigenvalue weighted by atomic mass is 35.5. The lowest BCUT2D eigenvalue weighted by molar-refractivity contribution is -0.140. The molecule has 100 valence electrons. The third-order valence-electron chi connectivity index (χ3n) is 2.78. The van der Waals surface area contributed by atoms with Crippen LogP contribution in [0, 0.1) is 5.92 Å². The zero-order valence-corrected chi connectivity index (χ0v) is 11.5. The highest BCUT2D eigenvalue weighted by Gasteiger charge is 2.18. The monoisotopic (exact) mass is 270 g/mol. The molecule has 0 radical (unpaired) electrons. The predicted octanol–water partition coefficient (Wildman–Crippen LogP) is 3.06. The van der Waals surface area contributed by atoms with Crippen molar-refractivity contribution in [2.75, 3.05) is 18.0 Å². The topological polar surface area (TPSA) is 53.4 Å². The second-order valence-corrected chi connectivity index (χ2v) is 4.71. The number of aromatic nitrogens is 1. The van der Waals surface area contributed by atoms with E-state index in [1.54, 1.807) is 13.1 Å². The number of nitrogens with zero attached hydrogens (tertiary/aromatic N) is 2. The van der Waals surface area contributed by atoms with Crippen LogP contribution in [0.25, 0.3) is 0 Å². The Morgan fingerprint density at radius 3 is 2.89 bits per heavy atom. The molecule has 4 nitrogen and oxygen atoms in total. The van der Waals surface area contributed by atoms with Crippen molar-refractivity contribution in [1.82, 2.24) is 4.98 Å². The molecular formula is C13H19ClN2O2. The minimum Gasteiger partial charge on any atom is -0.481 e. The molecule has 0 bridgehead atoms. The van der Waals surface area contributed by atoms with Crippen molar-refractivity contribution >= 4 is 23.3 Å². The van der Waals surface area contributed by atoms with Gasteiger partial charge in [0.15, 0.2) is 5.15 Å². The zero-order valence-electron chi connectivity index (χ0n) is 10.8. The van der Waals surface area contributed by atoms with Gasteiger partial charge < -0.3 is 10.0 Å². The van der Waals surface area contributed by atoms with Crippen LogP contribution in [-0.2, 0) is 4.79 Å². The Kier molecular flexibility index (Phi) is 5.92. The second kappa shape index (κ2) is 7.21. The van der Waals surface area contributed by atoms with Gasteiger partial charge in [0.05, 0.1) is 11.6 Å². The van der Waals surface area contributed by atoms with Crippen LogP contribution in [0.2, 0.25) is 5.15 Å². The summed E-state index contributed by atoms with van der Waals surface area (Å²) < 4.78 is 0. The number of hydrogen-bond acceptors (Lipinski definition) is 3. The number of hydrogen-bond donors (Lipinski definition) is 1. The molecule has 0 saturated carbocycles. The van der Waals surface area contributed by atoms with Crippen molar-refractivity contribution in [2.24, 2.45) is 5.92 Å². The fourth-order valence-electron chi connectivity index (χ4n) is 1.68. The van der Waals surface area contributed by atoms with Gasteiger partial charge in [-0.2, -0.15) is 0 Å². The van der Waals surface area contributed by atoms with Gasteiger partial charge in [-0.05, 0) is 18.6 Å². The molecule has 1 rings (SSSR count). The summed E-state index contributed by atoms with van der Waals surface area (Å²) in [4.78, 5) is 17.0. The minimum atomic E-state index is -0.795. The summed E-state index contributed by atoms with van der Waals surface area (Å²) in [5.74, 6) is -1.23. The quantitative estimate of drug-likeness (QED) is 0.774. The molecule has 1 aromatic heterocycles. The van der Waals surface area contributed by atoms with Gasteiger partial charge in [0.1, 0.15) is 0 Å². The lowest BCUT2D eigenvalue weighted by Crippen LogP contribution is -2.33. The second-order valence-electron chi connectivity index (χ2n) is 4.35. The van der Waals surface area contributed by atoms with E-state index in [1.807, 2.05) is 17.0 Å². The Morgan fingerprint density at radius 2 is 2.33 bits per heavy atom. The average Bonchev–Trinajstić information content (AvgIpc) is 2.35. The van der Waals surface area contributed by atoms with E-state index in [9.17, 15) is 4.79 Å². The predicted molar refractivity (Wildman–Crippen MR) is 73.2 cm³/mol. The fourth-order valence-corrected chi connectivity index (χ4v) is 1.92. The number of carbonyl (C=O) groups is 1. The van der Waals surface area contributed by atoms with Crippen LogP contribution < -0.4 is 4.90 Å². The number of pyridine rings is 1. The van der Waals surface area contributed by atoms with Crippen molar-refractivity contribution in [3.63, 3.8) is 0 Å². The molecule has 5 heteroatoms. The van der Waals surface area contributed by atoms with E-state index in [4.69, 9.17) is 16.7 Å². The number of carboxylic acid groups (broad SMARTS) is 1. The van der Waals surface area contributed by atoms with Gasteiger partial charge in [0, 0.05) is 19.3 Å². The minimum absolute atomic E-state index is 0.422. The Hall–Kier alpha value is -1.29. The molecule has 0 saturated heterocycles. The molecule has 1 N–H and O–H groups in total. The third-order valence-corrected chi connectivity index (χ3v) is 3.07. The van der Waals surface area contributed by atoms with E-state index in [1.165, 1.54) is 0 Å². The number of rotatable bonds is 7. The maximum Gasteiger partial charge on any atom is 0.308 e. The van der Waals surface area contributed by atoms with Crippen LogP contribution in [0.5, 0.6) is 0 Å². The molecule has 0 aliphatic heterocycles. The Balaban J connectivity index is 2.84. The maximum atomic E-state index is 10.9. The van der Waals surface area contributed by atoms with Crippen LogP contribution in [-0.4, -0.2) is 29.1 Å². The molecule has 0 aliphatic carbocycles. The largest absolute Gasteiger partial charge is 0.481 e. The number of carboxylic acids is 1. The number of unbranched alkanes of at least 4 members (excludes halogenated alkanes) is 1. The maximum absolute atomic E-state index is 10.9. The van der Waals surface area contributed by atoms with E-state index >= 15 is 0 Å². The fraction of sp³-hybridized carbons (Fsp3) is 0.538. The highest BCUT2D eigenvalue weighted by Crippen LogP contribution is 2.24. The smallest absolute Gasteiger partial charge is 0.308 e. The number of halogens is 1.